The fraction of sp³-hybridized carbons (Fsp3) is 0.200. The van der Waals surface area contributed by atoms with Gasteiger partial charge in [-0.05, 0) is 37.9 Å². The molecular weight excluding hydrogens is 410 g/mol. The minimum Gasteiger partial charge on any atom is -0.324 e. The third-order valence-corrected chi connectivity index (χ3v) is 5.20. The first kappa shape index (κ1) is 22.7. The Morgan fingerprint density at radius 3 is 2.23 bits per heavy atom. The Balaban J connectivity index is 1.65. The van der Waals surface area contributed by atoms with Crippen LogP contribution in [0.1, 0.15) is 27.5 Å². The summed E-state index contributed by atoms with van der Waals surface area (Å²) < 4.78 is 0. The number of halogens is 1. The first-order valence-electron chi connectivity index (χ1n) is 10.1. The predicted molar refractivity (Wildman–Crippen MR) is 126 cm³/mol. The smallest absolute Gasteiger partial charge is 0.238 e. The molecule has 0 spiro atoms. The van der Waals surface area contributed by atoms with E-state index < -0.39 is 0 Å². The first-order valence-corrected chi connectivity index (χ1v) is 10.4. The number of nitrogens with zero attached hydrogens (tertiary/aromatic N) is 1. The van der Waals surface area contributed by atoms with Crippen LogP contribution < -0.4 is 10.6 Å². The maximum Gasteiger partial charge on any atom is 0.238 e. The molecule has 0 bridgehead atoms. The second-order valence-electron chi connectivity index (χ2n) is 7.45. The van der Waals surface area contributed by atoms with Gasteiger partial charge in [-0.2, -0.15) is 0 Å². The molecule has 0 radical (unpaired) electrons. The molecule has 31 heavy (non-hydrogen) atoms. The van der Waals surface area contributed by atoms with Crippen molar-refractivity contribution in [1.82, 2.24) is 10.2 Å². The zero-order valence-corrected chi connectivity index (χ0v) is 18.4. The summed E-state index contributed by atoms with van der Waals surface area (Å²) in [7, 11) is 4.02. The van der Waals surface area contributed by atoms with Gasteiger partial charge in [0.1, 0.15) is 0 Å². The van der Waals surface area contributed by atoms with Crippen LogP contribution in [0.2, 0.25) is 5.02 Å². The molecular formula is C25H26ClN3O2. The van der Waals surface area contributed by atoms with Crippen molar-refractivity contribution in [3.05, 3.63) is 101 Å². The van der Waals surface area contributed by atoms with Crippen LogP contribution >= 0.6 is 11.6 Å². The topological polar surface area (TPSA) is 61.4 Å². The Morgan fingerprint density at radius 2 is 1.58 bits per heavy atom. The Kier molecular flexibility index (Phi) is 7.95. The highest BCUT2D eigenvalue weighted by molar-refractivity contribution is 6.31. The molecule has 1 amide bonds. The van der Waals surface area contributed by atoms with Crippen LogP contribution in [0.3, 0.4) is 0 Å². The van der Waals surface area contributed by atoms with Gasteiger partial charge in [0.15, 0.2) is 5.78 Å². The summed E-state index contributed by atoms with van der Waals surface area (Å²) in [5.74, 6) is -0.418. The van der Waals surface area contributed by atoms with E-state index in [2.05, 4.69) is 27.7 Å². The van der Waals surface area contributed by atoms with Gasteiger partial charge in [0.05, 0.1) is 12.2 Å². The number of hydrogen-bond acceptors (Lipinski definition) is 4. The van der Waals surface area contributed by atoms with Gasteiger partial charge in [-0.3, -0.25) is 9.59 Å². The maximum absolute atomic E-state index is 12.9. The van der Waals surface area contributed by atoms with Crippen molar-refractivity contribution in [2.75, 3.05) is 32.5 Å². The number of benzene rings is 3. The van der Waals surface area contributed by atoms with Crippen molar-refractivity contribution in [2.24, 2.45) is 0 Å². The fourth-order valence-electron chi connectivity index (χ4n) is 3.35. The van der Waals surface area contributed by atoms with Gasteiger partial charge < -0.3 is 15.5 Å². The first-order chi connectivity index (χ1) is 15.0. The molecule has 0 fully saturated rings. The van der Waals surface area contributed by atoms with E-state index in [1.165, 1.54) is 5.56 Å². The van der Waals surface area contributed by atoms with E-state index in [4.69, 9.17) is 11.6 Å². The zero-order chi connectivity index (χ0) is 22.2. The Labute approximate surface area is 188 Å². The molecule has 3 rings (SSSR count). The molecule has 2 N–H and O–H groups in total. The van der Waals surface area contributed by atoms with E-state index in [9.17, 15) is 9.59 Å². The third kappa shape index (κ3) is 6.25. The fourth-order valence-corrected chi connectivity index (χ4v) is 3.52. The van der Waals surface area contributed by atoms with Crippen LogP contribution in [0, 0.1) is 0 Å². The molecule has 160 valence electrons. The van der Waals surface area contributed by atoms with Gasteiger partial charge in [0, 0.05) is 28.7 Å². The van der Waals surface area contributed by atoms with Crippen LogP contribution in [0.15, 0.2) is 78.9 Å². The number of hydrogen-bond donors (Lipinski definition) is 2. The summed E-state index contributed by atoms with van der Waals surface area (Å²) in [6.45, 7) is 0.736. The lowest BCUT2D eigenvalue weighted by Crippen LogP contribution is -2.35. The number of carbonyl (C=O) groups is 2. The van der Waals surface area contributed by atoms with E-state index in [1.807, 2.05) is 38.4 Å². The van der Waals surface area contributed by atoms with E-state index in [0.29, 0.717) is 28.4 Å². The number of carbonyl (C=O) groups excluding carboxylic acids is 2. The van der Waals surface area contributed by atoms with Crippen molar-refractivity contribution in [3.63, 3.8) is 0 Å². The number of nitrogens with one attached hydrogen (secondary N) is 2. The molecule has 6 heteroatoms. The largest absolute Gasteiger partial charge is 0.324 e. The van der Waals surface area contributed by atoms with Crippen molar-refractivity contribution in [3.8, 4) is 0 Å². The summed E-state index contributed by atoms with van der Waals surface area (Å²) in [4.78, 5) is 27.6. The van der Waals surface area contributed by atoms with E-state index >= 15 is 0 Å². The number of rotatable bonds is 9. The number of amides is 1. The highest BCUT2D eigenvalue weighted by Crippen LogP contribution is 2.24. The van der Waals surface area contributed by atoms with Gasteiger partial charge in [-0.25, -0.2) is 0 Å². The van der Waals surface area contributed by atoms with Crippen LogP contribution in [0.5, 0.6) is 0 Å². The van der Waals surface area contributed by atoms with Crippen molar-refractivity contribution < 1.29 is 9.59 Å². The lowest BCUT2D eigenvalue weighted by atomic mass is 10.0. The molecule has 0 saturated heterocycles. The van der Waals surface area contributed by atoms with Crippen molar-refractivity contribution in [1.29, 1.82) is 0 Å². The number of anilines is 1. The van der Waals surface area contributed by atoms with Gasteiger partial charge >= 0.3 is 0 Å². The van der Waals surface area contributed by atoms with Crippen LogP contribution in [0.25, 0.3) is 0 Å². The zero-order valence-electron chi connectivity index (χ0n) is 17.6. The quantitative estimate of drug-likeness (QED) is 0.489. The average Bonchev–Trinajstić information content (AvgIpc) is 2.78. The van der Waals surface area contributed by atoms with Crippen molar-refractivity contribution >= 4 is 29.0 Å². The summed E-state index contributed by atoms with van der Waals surface area (Å²) in [6, 6.07) is 24.1. The predicted octanol–water partition coefficient (Wildman–Crippen LogP) is 4.40. The molecule has 0 aromatic heterocycles. The monoisotopic (exact) mass is 435 g/mol. The Hall–Kier alpha value is -2.99. The maximum atomic E-state index is 12.9. The standard InChI is InChI=1S/C25H26ClN3O2/c1-29(2)23(18-9-5-3-6-10-18)16-27-17-24(30)28-22-14-13-20(26)15-21(22)25(31)19-11-7-4-8-12-19/h3-15,23,27H,16-17H2,1-2H3,(H,28,30)/t23-/m0/s1. The highest BCUT2D eigenvalue weighted by Gasteiger charge is 2.17. The minimum absolute atomic E-state index is 0.124. The number of ketones is 1. The normalized spacial score (nSPS) is 11.9. The molecule has 1 atom stereocenters. The molecule has 0 unspecified atom stereocenters. The molecule has 3 aromatic carbocycles. The van der Waals surface area contributed by atoms with E-state index in [-0.39, 0.29) is 24.3 Å². The SMILES string of the molecule is CN(C)[C@@H](CNCC(=O)Nc1ccc(Cl)cc1C(=O)c1ccccc1)c1ccccc1. The molecule has 0 aliphatic rings. The van der Waals surface area contributed by atoms with E-state index in [0.717, 1.165) is 0 Å². The van der Waals surface area contributed by atoms with Crippen LogP contribution in [0.4, 0.5) is 5.69 Å². The summed E-state index contributed by atoms with van der Waals surface area (Å²) >= 11 is 6.11. The van der Waals surface area contributed by atoms with Gasteiger partial charge in [0.25, 0.3) is 0 Å². The van der Waals surface area contributed by atoms with Crippen LogP contribution in [-0.2, 0) is 4.79 Å². The lowest BCUT2D eigenvalue weighted by molar-refractivity contribution is -0.115. The molecule has 0 saturated carbocycles. The molecule has 3 aromatic rings. The Bertz CT molecular complexity index is 1020. The highest BCUT2D eigenvalue weighted by atomic mass is 35.5. The van der Waals surface area contributed by atoms with Gasteiger partial charge in [-0.1, -0.05) is 72.3 Å². The minimum atomic E-state index is -0.227. The summed E-state index contributed by atoms with van der Waals surface area (Å²) in [5, 5.41) is 6.49. The van der Waals surface area contributed by atoms with E-state index in [1.54, 1.807) is 42.5 Å². The summed E-state index contributed by atoms with van der Waals surface area (Å²) in [5.41, 5.74) is 2.52. The third-order valence-electron chi connectivity index (χ3n) is 4.97. The average molecular weight is 436 g/mol. The molecule has 5 nitrogen and oxygen atoms in total. The molecule has 0 aliphatic heterocycles. The Morgan fingerprint density at radius 1 is 0.935 bits per heavy atom. The van der Waals surface area contributed by atoms with Crippen LogP contribution in [-0.4, -0.2) is 43.8 Å². The summed E-state index contributed by atoms with van der Waals surface area (Å²) in [6.07, 6.45) is 0. The molecule has 0 aliphatic carbocycles. The molecule has 0 heterocycles. The number of likely N-dealkylation sites (N-methyl/N-ethyl adjacent to an activating group) is 1. The second-order valence-corrected chi connectivity index (χ2v) is 7.89. The second kappa shape index (κ2) is 10.9. The lowest BCUT2D eigenvalue weighted by Gasteiger charge is -2.25. The van der Waals surface area contributed by atoms with Crippen molar-refractivity contribution in [2.45, 2.75) is 6.04 Å². The van der Waals surface area contributed by atoms with Gasteiger partial charge in [0.2, 0.25) is 5.91 Å². The van der Waals surface area contributed by atoms with Gasteiger partial charge in [-0.15, -0.1) is 0 Å².